The van der Waals surface area contributed by atoms with Gasteiger partial charge in [-0.25, -0.2) is 14.4 Å². The van der Waals surface area contributed by atoms with E-state index < -0.39 is 5.82 Å². The highest BCUT2D eigenvalue weighted by Crippen LogP contribution is 2.31. The molecule has 7 nitrogen and oxygen atoms in total. The molecule has 0 fully saturated rings. The third-order valence-electron chi connectivity index (χ3n) is 4.54. The summed E-state index contributed by atoms with van der Waals surface area (Å²) >= 11 is 0. The first kappa shape index (κ1) is 16.1. The standard InChI is InChI=1S/C18H18FN7/c1-9-12-6-11(20)4-5-14(12)23-16(9)17-13(19)7-21-18(25-17)24-15-8-22-26(3)10(15)2/h4-8,23H,20H2,1-3H3,(H,21,24,25). The molecule has 4 rings (SSSR count). The van der Waals surface area contributed by atoms with Crippen LogP contribution in [-0.4, -0.2) is 24.7 Å². The quantitative estimate of drug-likeness (QED) is 0.491. The lowest BCUT2D eigenvalue weighted by atomic mass is 10.1. The number of H-pyrrole nitrogens is 1. The predicted molar refractivity (Wildman–Crippen MR) is 99.7 cm³/mol. The van der Waals surface area contributed by atoms with Crippen LogP contribution in [0, 0.1) is 19.7 Å². The SMILES string of the molecule is Cc1c(-c2nc(Nc3cnn(C)c3C)ncc2F)[nH]c2ccc(N)cc12. The second-order valence-corrected chi connectivity index (χ2v) is 6.21. The van der Waals surface area contributed by atoms with Crippen LogP contribution in [0.4, 0.5) is 21.7 Å². The Morgan fingerprint density at radius 1 is 1.23 bits per heavy atom. The molecule has 0 saturated heterocycles. The van der Waals surface area contributed by atoms with Crippen LogP contribution in [0.3, 0.4) is 0 Å². The summed E-state index contributed by atoms with van der Waals surface area (Å²) in [5.74, 6) is -0.198. The zero-order valence-electron chi connectivity index (χ0n) is 14.6. The molecular formula is C18H18FN7. The minimum absolute atomic E-state index is 0.205. The number of halogens is 1. The van der Waals surface area contributed by atoms with Gasteiger partial charge in [0.1, 0.15) is 5.69 Å². The Morgan fingerprint density at radius 2 is 2.04 bits per heavy atom. The first-order valence-electron chi connectivity index (χ1n) is 8.10. The monoisotopic (exact) mass is 351 g/mol. The van der Waals surface area contributed by atoms with Crippen molar-refractivity contribution in [3.63, 3.8) is 0 Å². The molecule has 0 amide bonds. The fourth-order valence-electron chi connectivity index (χ4n) is 2.93. The van der Waals surface area contributed by atoms with E-state index in [1.54, 1.807) is 16.9 Å². The lowest BCUT2D eigenvalue weighted by Crippen LogP contribution is -2.02. The molecule has 0 spiro atoms. The highest BCUT2D eigenvalue weighted by Gasteiger charge is 2.17. The molecule has 0 aliphatic heterocycles. The fraction of sp³-hybridized carbons (Fsp3) is 0.167. The summed E-state index contributed by atoms with van der Waals surface area (Å²) < 4.78 is 16.2. The van der Waals surface area contributed by atoms with E-state index >= 15 is 0 Å². The normalized spacial score (nSPS) is 11.2. The first-order valence-corrected chi connectivity index (χ1v) is 8.10. The van der Waals surface area contributed by atoms with E-state index in [0.717, 1.165) is 34.0 Å². The van der Waals surface area contributed by atoms with Gasteiger partial charge in [0.15, 0.2) is 5.82 Å². The number of aromatic nitrogens is 5. The maximum Gasteiger partial charge on any atom is 0.228 e. The second-order valence-electron chi connectivity index (χ2n) is 6.21. The Balaban J connectivity index is 1.80. The average molecular weight is 351 g/mol. The van der Waals surface area contributed by atoms with Gasteiger partial charge in [-0.05, 0) is 37.6 Å². The molecule has 4 N–H and O–H groups in total. The van der Waals surface area contributed by atoms with Crippen LogP contribution in [0.2, 0.25) is 0 Å². The molecule has 8 heteroatoms. The molecule has 1 aromatic carbocycles. The molecule has 0 bridgehead atoms. The summed E-state index contributed by atoms with van der Waals surface area (Å²) in [6.45, 7) is 3.83. The molecule has 3 heterocycles. The van der Waals surface area contributed by atoms with Crippen molar-refractivity contribution in [1.82, 2.24) is 24.7 Å². The number of hydrogen-bond acceptors (Lipinski definition) is 5. The summed E-state index contributed by atoms with van der Waals surface area (Å²) in [5, 5.41) is 8.20. The van der Waals surface area contributed by atoms with Gasteiger partial charge < -0.3 is 16.0 Å². The molecule has 132 valence electrons. The number of nitrogens with one attached hydrogen (secondary N) is 2. The molecule has 0 aliphatic rings. The van der Waals surface area contributed by atoms with Gasteiger partial charge in [-0.15, -0.1) is 0 Å². The van der Waals surface area contributed by atoms with Gasteiger partial charge in [0.05, 0.1) is 29.5 Å². The number of nitrogens with two attached hydrogens (primary N) is 1. The van der Waals surface area contributed by atoms with Crippen LogP contribution < -0.4 is 11.1 Å². The Bertz CT molecular complexity index is 1130. The van der Waals surface area contributed by atoms with E-state index in [1.165, 1.54) is 0 Å². The topological polar surface area (TPSA) is 97.4 Å². The number of nitrogen functional groups attached to an aromatic ring is 1. The van der Waals surface area contributed by atoms with Crippen LogP contribution >= 0.6 is 0 Å². The van der Waals surface area contributed by atoms with Gasteiger partial charge in [-0.3, -0.25) is 4.68 Å². The van der Waals surface area contributed by atoms with E-state index in [4.69, 9.17) is 5.73 Å². The minimum atomic E-state index is -0.499. The van der Waals surface area contributed by atoms with Crippen LogP contribution in [0.15, 0.2) is 30.6 Å². The van der Waals surface area contributed by atoms with Crippen LogP contribution in [-0.2, 0) is 7.05 Å². The molecule has 3 aromatic heterocycles. The number of anilines is 3. The number of rotatable bonds is 3. The third kappa shape index (κ3) is 2.55. The maximum absolute atomic E-state index is 14.5. The van der Waals surface area contributed by atoms with Crippen LogP contribution in [0.1, 0.15) is 11.3 Å². The number of aromatic amines is 1. The first-order chi connectivity index (χ1) is 12.4. The van der Waals surface area contributed by atoms with Gasteiger partial charge in [0.25, 0.3) is 0 Å². The van der Waals surface area contributed by atoms with Crippen molar-refractivity contribution < 1.29 is 4.39 Å². The molecule has 0 unspecified atom stereocenters. The van der Waals surface area contributed by atoms with Crippen molar-refractivity contribution in [2.75, 3.05) is 11.1 Å². The highest BCUT2D eigenvalue weighted by molar-refractivity contribution is 5.92. The summed E-state index contributed by atoms with van der Waals surface area (Å²) in [4.78, 5) is 11.6. The van der Waals surface area contributed by atoms with Crippen molar-refractivity contribution in [1.29, 1.82) is 0 Å². The fourth-order valence-corrected chi connectivity index (χ4v) is 2.93. The van der Waals surface area contributed by atoms with E-state index in [2.05, 4.69) is 25.4 Å². The lowest BCUT2D eigenvalue weighted by Gasteiger charge is -2.07. The van der Waals surface area contributed by atoms with Crippen LogP contribution in [0.5, 0.6) is 0 Å². The second kappa shape index (κ2) is 5.83. The van der Waals surface area contributed by atoms with Crippen molar-refractivity contribution in [2.45, 2.75) is 13.8 Å². The number of aryl methyl sites for hydroxylation is 2. The Hall–Kier alpha value is -3.42. The predicted octanol–water partition coefficient (Wildman–Crippen LogP) is 3.44. The Kier molecular flexibility index (Phi) is 3.61. The summed E-state index contributed by atoms with van der Waals surface area (Å²) in [5.41, 5.74) is 10.8. The molecule has 26 heavy (non-hydrogen) atoms. The van der Waals surface area contributed by atoms with E-state index in [0.29, 0.717) is 17.3 Å². The van der Waals surface area contributed by atoms with Crippen LogP contribution in [0.25, 0.3) is 22.3 Å². The molecule has 0 saturated carbocycles. The molecule has 0 aliphatic carbocycles. The zero-order chi connectivity index (χ0) is 18.4. The van der Waals surface area contributed by atoms with Crippen molar-refractivity contribution in [3.8, 4) is 11.4 Å². The van der Waals surface area contributed by atoms with Gasteiger partial charge in [0, 0.05) is 23.6 Å². The number of benzene rings is 1. The molecular weight excluding hydrogens is 333 g/mol. The molecule has 4 aromatic rings. The number of hydrogen-bond donors (Lipinski definition) is 3. The Morgan fingerprint density at radius 3 is 2.77 bits per heavy atom. The smallest absolute Gasteiger partial charge is 0.228 e. The van der Waals surface area contributed by atoms with Gasteiger partial charge in [-0.2, -0.15) is 5.10 Å². The van der Waals surface area contributed by atoms with Crippen molar-refractivity contribution >= 4 is 28.2 Å². The summed E-state index contributed by atoms with van der Waals surface area (Å²) in [6.07, 6.45) is 2.84. The minimum Gasteiger partial charge on any atom is -0.399 e. The van der Waals surface area contributed by atoms with Gasteiger partial charge in [-0.1, -0.05) is 0 Å². The van der Waals surface area contributed by atoms with E-state index in [9.17, 15) is 4.39 Å². The van der Waals surface area contributed by atoms with Gasteiger partial charge >= 0.3 is 0 Å². The van der Waals surface area contributed by atoms with Crippen molar-refractivity contribution in [2.24, 2.45) is 7.05 Å². The summed E-state index contributed by atoms with van der Waals surface area (Å²) in [7, 11) is 1.84. The van der Waals surface area contributed by atoms with Crippen molar-refractivity contribution in [3.05, 3.63) is 47.7 Å². The van der Waals surface area contributed by atoms with E-state index in [1.807, 2.05) is 33.0 Å². The largest absolute Gasteiger partial charge is 0.399 e. The molecule has 0 atom stereocenters. The summed E-state index contributed by atoms with van der Waals surface area (Å²) in [6, 6.07) is 5.54. The Labute approximate surface area is 149 Å². The molecule has 0 radical (unpaired) electrons. The zero-order valence-corrected chi connectivity index (χ0v) is 14.6. The average Bonchev–Trinajstić information content (AvgIpc) is 3.11. The number of fused-ring (bicyclic) bond motifs is 1. The number of nitrogens with zero attached hydrogens (tertiary/aromatic N) is 4. The maximum atomic E-state index is 14.5. The van der Waals surface area contributed by atoms with E-state index in [-0.39, 0.29) is 5.69 Å². The third-order valence-corrected chi connectivity index (χ3v) is 4.54. The lowest BCUT2D eigenvalue weighted by molar-refractivity contribution is 0.618. The van der Waals surface area contributed by atoms with Gasteiger partial charge in [0.2, 0.25) is 5.95 Å². The highest BCUT2D eigenvalue weighted by atomic mass is 19.1.